The molecule has 25 heavy (non-hydrogen) atoms. The van der Waals surface area contributed by atoms with E-state index in [-0.39, 0.29) is 5.91 Å². The minimum Gasteiger partial charge on any atom is -0.495 e. The second-order valence-electron chi connectivity index (χ2n) is 5.61. The molecule has 0 bridgehead atoms. The van der Waals surface area contributed by atoms with Crippen LogP contribution >= 0.6 is 11.6 Å². The first kappa shape index (κ1) is 17.3. The van der Waals surface area contributed by atoms with Crippen LogP contribution < -0.4 is 19.7 Å². The fraction of sp³-hybridized carbons (Fsp3) is 0.353. The van der Waals surface area contributed by atoms with E-state index in [1.165, 1.54) is 26.6 Å². The summed E-state index contributed by atoms with van der Waals surface area (Å²) in [4.78, 5) is 23.2. The molecule has 1 aromatic carbocycles. The standard InChI is InChI=1S/C17H19ClN4O3/c1-24-14-8-13(15(25-2)7-12(14)18)21-16(23)11-9-19-17(20-10-11)22-5-3-4-6-22/h7-10H,3-6H2,1-2H3,(H,21,23). The minimum atomic E-state index is -0.337. The van der Waals surface area contributed by atoms with E-state index < -0.39 is 0 Å². The number of carbonyl (C=O) groups is 1. The van der Waals surface area contributed by atoms with Gasteiger partial charge in [-0.05, 0) is 12.8 Å². The van der Waals surface area contributed by atoms with Gasteiger partial charge in [-0.1, -0.05) is 11.6 Å². The number of hydrogen-bond acceptors (Lipinski definition) is 6. The Morgan fingerprint density at radius 1 is 1.12 bits per heavy atom. The lowest BCUT2D eigenvalue weighted by molar-refractivity contribution is 0.102. The van der Waals surface area contributed by atoms with Gasteiger partial charge < -0.3 is 19.7 Å². The Kier molecular flexibility index (Phi) is 5.23. The lowest BCUT2D eigenvalue weighted by Gasteiger charge is -2.15. The zero-order valence-electron chi connectivity index (χ0n) is 14.1. The van der Waals surface area contributed by atoms with E-state index in [1.54, 1.807) is 12.1 Å². The summed E-state index contributed by atoms with van der Waals surface area (Å²) in [6.07, 6.45) is 5.33. The number of ether oxygens (including phenoxy) is 2. The maximum absolute atomic E-state index is 12.5. The maximum atomic E-state index is 12.5. The fourth-order valence-electron chi connectivity index (χ4n) is 2.67. The van der Waals surface area contributed by atoms with Gasteiger partial charge in [-0.15, -0.1) is 0 Å². The number of anilines is 2. The molecule has 1 fully saturated rings. The largest absolute Gasteiger partial charge is 0.495 e. The van der Waals surface area contributed by atoms with Crippen LogP contribution in [0.2, 0.25) is 5.02 Å². The summed E-state index contributed by atoms with van der Waals surface area (Å²) in [7, 11) is 3.01. The average Bonchev–Trinajstić information content (AvgIpc) is 3.17. The summed E-state index contributed by atoms with van der Waals surface area (Å²) in [6, 6.07) is 3.20. The van der Waals surface area contributed by atoms with Crippen LogP contribution in [-0.4, -0.2) is 43.2 Å². The van der Waals surface area contributed by atoms with Crippen molar-refractivity contribution < 1.29 is 14.3 Å². The summed E-state index contributed by atoms with van der Waals surface area (Å²) in [5.74, 6) is 1.20. The first-order chi connectivity index (χ1) is 12.1. The fourth-order valence-corrected chi connectivity index (χ4v) is 2.90. The molecule has 2 heterocycles. The van der Waals surface area contributed by atoms with Gasteiger partial charge in [0.05, 0.1) is 30.5 Å². The lowest BCUT2D eigenvalue weighted by Crippen LogP contribution is -2.21. The van der Waals surface area contributed by atoms with Gasteiger partial charge in [0, 0.05) is 37.6 Å². The summed E-state index contributed by atoms with van der Waals surface area (Å²) >= 11 is 6.07. The normalized spacial score (nSPS) is 13.6. The summed E-state index contributed by atoms with van der Waals surface area (Å²) in [5.41, 5.74) is 0.816. The van der Waals surface area contributed by atoms with E-state index in [0.29, 0.717) is 33.7 Å². The van der Waals surface area contributed by atoms with Gasteiger partial charge in [-0.25, -0.2) is 9.97 Å². The highest BCUT2D eigenvalue weighted by atomic mass is 35.5. The van der Waals surface area contributed by atoms with Crippen molar-refractivity contribution >= 4 is 29.1 Å². The van der Waals surface area contributed by atoms with Crippen molar-refractivity contribution in [2.75, 3.05) is 37.5 Å². The zero-order valence-corrected chi connectivity index (χ0v) is 14.8. The molecular formula is C17H19ClN4O3. The van der Waals surface area contributed by atoms with E-state index in [9.17, 15) is 4.79 Å². The van der Waals surface area contributed by atoms with Gasteiger partial charge >= 0.3 is 0 Å². The number of carbonyl (C=O) groups excluding carboxylic acids is 1. The van der Waals surface area contributed by atoms with E-state index in [2.05, 4.69) is 20.2 Å². The Balaban J connectivity index is 1.77. The van der Waals surface area contributed by atoms with Crippen molar-refractivity contribution in [1.29, 1.82) is 0 Å². The van der Waals surface area contributed by atoms with Crippen molar-refractivity contribution in [3.63, 3.8) is 0 Å². The first-order valence-electron chi connectivity index (χ1n) is 7.92. The van der Waals surface area contributed by atoms with Crippen LogP contribution in [0.15, 0.2) is 24.5 Å². The lowest BCUT2D eigenvalue weighted by atomic mass is 10.2. The van der Waals surface area contributed by atoms with Crippen LogP contribution in [0.5, 0.6) is 11.5 Å². The second-order valence-corrected chi connectivity index (χ2v) is 6.01. The van der Waals surface area contributed by atoms with Crippen molar-refractivity contribution in [2.24, 2.45) is 0 Å². The third-order valence-corrected chi connectivity index (χ3v) is 4.31. The van der Waals surface area contributed by atoms with Crippen LogP contribution in [0, 0.1) is 0 Å². The van der Waals surface area contributed by atoms with E-state index in [4.69, 9.17) is 21.1 Å². The average molecular weight is 363 g/mol. The van der Waals surface area contributed by atoms with E-state index in [0.717, 1.165) is 25.9 Å². The van der Waals surface area contributed by atoms with Gasteiger partial charge in [-0.2, -0.15) is 0 Å². The molecule has 0 radical (unpaired) electrons. The van der Waals surface area contributed by atoms with Gasteiger partial charge in [0.15, 0.2) is 0 Å². The van der Waals surface area contributed by atoms with Crippen molar-refractivity contribution in [3.05, 3.63) is 35.1 Å². The van der Waals surface area contributed by atoms with E-state index >= 15 is 0 Å². The molecule has 0 aliphatic carbocycles. The van der Waals surface area contributed by atoms with Crippen LogP contribution in [0.3, 0.4) is 0 Å². The quantitative estimate of drug-likeness (QED) is 0.881. The molecule has 7 nitrogen and oxygen atoms in total. The summed E-state index contributed by atoms with van der Waals surface area (Å²) in [5, 5.41) is 3.17. The zero-order chi connectivity index (χ0) is 17.8. The molecule has 1 saturated heterocycles. The summed E-state index contributed by atoms with van der Waals surface area (Å²) < 4.78 is 10.4. The molecule has 0 spiro atoms. The highest BCUT2D eigenvalue weighted by Gasteiger charge is 2.17. The number of benzene rings is 1. The van der Waals surface area contributed by atoms with Crippen LogP contribution in [0.4, 0.5) is 11.6 Å². The Hall–Kier alpha value is -2.54. The number of nitrogens with zero attached hydrogens (tertiary/aromatic N) is 3. The number of nitrogens with one attached hydrogen (secondary N) is 1. The summed E-state index contributed by atoms with van der Waals surface area (Å²) in [6.45, 7) is 1.90. The third kappa shape index (κ3) is 3.76. The molecule has 1 aromatic heterocycles. The number of aromatic nitrogens is 2. The number of methoxy groups -OCH3 is 2. The maximum Gasteiger partial charge on any atom is 0.258 e. The monoisotopic (exact) mass is 362 g/mol. The van der Waals surface area contributed by atoms with Crippen LogP contribution in [0.1, 0.15) is 23.2 Å². The Bertz CT molecular complexity index is 761. The van der Waals surface area contributed by atoms with E-state index in [1.807, 2.05) is 0 Å². The van der Waals surface area contributed by atoms with Crippen LogP contribution in [0.25, 0.3) is 0 Å². The van der Waals surface area contributed by atoms with Gasteiger partial charge in [0.25, 0.3) is 5.91 Å². The van der Waals surface area contributed by atoms with Crippen molar-refractivity contribution in [3.8, 4) is 11.5 Å². The SMILES string of the molecule is COc1cc(NC(=O)c2cnc(N3CCCC3)nc2)c(OC)cc1Cl. The second kappa shape index (κ2) is 7.57. The molecule has 0 unspecified atom stereocenters. The molecule has 2 aromatic rings. The predicted molar refractivity (Wildman–Crippen MR) is 96.0 cm³/mol. The van der Waals surface area contributed by atoms with Crippen molar-refractivity contribution in [2.45, 2.75) is 12.8 Å². The number of hydrogen-bond donors (Lipinski definition) is 1. The predicted octanol–water partition coefficient (Wildman–Crippen LogP) is 3.00. The first-order valence-corrected chi connectivity index (χ1v) is 8.30. The third-order valence-electron chi connectivity index (χ3n) is 4.01. The minimum absolute atomic E-state index is 0.337. The molecule has 132 valence electrons. The number of rotatable bonds is 5. The molecule has 1 aliphatic rings. The Labute approximate surface area is 150 Å². The molecule has 0 saturated carbocycles. The number of halogens is 1. The molecular weight excluding hydrogens is 344 g/mol. The number of amides is 1. The molecule has 1 N–H and O–H groups in total. The Morgan fingerprint density at radius 3 is 2.36 bits per heavy atom. The highest BCUT2D eigenvalue weighted by Crippen LogP contribution is 2.36. The molecule has 1 aliphatic heterocycles. The Morgan fingerprint density at radius 2 is 1.76 bits per heavy atom. The smallest absolute Gasteiger partial charge is 0.258 e. The molecule has 1 amide bonds. The van der Waals surface area contributed by atoms with Gasteiger partial charge in [-0.3, -0.25) is 4.79 Å². The van der Waals surface area contributed by atoms with Crippen LogP contribution in [-0.2, 0) is 0 Å². The molecule has 3 rings (SSSR count). The van der Waals surface area contributed by atoms with Gasteiger partial charge in [0.2, 0.25) is 5.95 Å². The molecule has 8 heteroatoms. The highest BCUT2D eigenvalue weighted by molar-refractivity contribution is 6.32. The topological polar surface area (TPSA) is 76.6 Å². The molecule has 0 atom stereocenters. The van der Waals surface area contributed by atoms with Crippen molar-refractivity contribution in [1.82, 2.24) is 9.97 Å². The van der Waals surface area contributed by atoms with Gasteiger partial charge in [0.1, 0.15) is 11.5 Å².